The number of ether oxygens (including phenoxy) is 2. The Morgan fingerprint density at radius 2 is 2.15 bits per heavy atom. The van der Waals surface area contributed by atoms with Crippen LogP contribution in [-0.2, 0) is 28.9 Å². The highest BCUT2D eigenvalue weighted by atomic mass is 32.2. The lowest BCUT2D eigenvalue weighted by Crippen LogP contribution is -2.48. The van der Waals surface area contributed by atoms with E-state index in [1.54, 1.807) is 23.8 Å². The molecule has 2 saturated heterocycles. The number of aromatic nitrogens is 2. The zero-order valence-corrected chi connectivity index (χ0v) is 24.7. The number of pyridine rings is 2. The van der Waals surface area contributed by atoms with Crippen molar-refractivity contribution in [1.82, 2.24) is 19.8 Å². The van der Waals surface area contributed by atoms with Crippen molar-refractivity contribution in [1.29, 1.82) is 5.26 Å². The number of carbonyl (C=O) groups is 2. The van der Waals surface area contributed by atoms with Crippen molar-refractivity contribution in [3.8, 4) is 11.9 Å². The number of likely N-dealkylation sites (N-methyl/N-ethyl adjacent to an activating group) is 1. The number of amides is 3. The Balaban J connectivity index is 1.33. The van der Waals surface area contributed by atoms with E-state index in [1.807, 2.05) is 29.0 Å². The van der Waals surface area contributed by atoms with Crippen LogP contribution in [-0.4, -0.2) is 96.8 Å². The van der Waals surface area contributed by atoms with E-state index in [9.17, 15) is 14.9 Å². The number of piperazine rings is 1. The van der Waals surface area contributed by atoms with E-state index < -0.39 is 0 Å². The minimum Gasteiger partial charge on any atom is -0.481 e. The molecule has 0 aliphatic carbocycles. The van der Waals surface area contributed by atoms with Gasteiger partial charge in [0.1, 0.15) is 17.7 Å². The van der Waals surface area contributed by atoms with Crippen LogP contribution in [0.5, 0.6) is 5.88 Å². The molecule has 11 nitrogen and oxygen atoms in total. The molecule has 2 aromatic heterocycles. The lowest BCUT2D eigenvalue weighted by atomic mass is 9.90. The number of nitrogens with zero attached hydrogens (tertiary/aromatic N) is 6. The van der Waals surface area contributed by atoms with Crippen LogP contribution >= 0.6 is 11.8 Å². The second-order valence-electron chi connectivity index (χ2n) is 10.8. The molecule has 41 heavy (non-hydrogen) atoms. The van der Waals surface area contributed by atoms with Crippen molar-refractivity contribution >= 4 is 35.3 Å². The second-order valence-corrected chi connectivity index (χ2v) is 11.9. The van der Waals surface area contributed by atoms with E-state index in [1.165, 1.54) is 6.20 Å². The number of hydrogen-bond acceptors (Lipinski definition) is 9. The first-order chi connectivity index (χ1) is 19.9. The highest BCUT2D eigenvalue weighted by molar-refractivity contribution is 7.99. The SMILES string of the molecule is COc1nc2c(cc1CN1CCN(C)CC1=O)CCCN2C(=O)Nc1cc(CC2CCOCC2SC)c(C#N)cn1. The van der Waals surface area contributed by atoms with Gasteiger partial charge in [-0.1, -0.05) is 0 Å². The first kappa shape index (κ1) is 29.1. The number of fused-ring (bicyclic) bond motifs is 1. The van der Waals surface area contributed by atoms with Gasteiger partial charge in [0.2, 0.25) is 11.8 Å². The summed E-state index contributed by atoms with van der Waals surface area (Å²) in [5.41, 5.74) is 3.18. The predicted molar refractivity (Wildman–Crippen MR) is 157 cm³/mol. The van der Waals surface area contributed by atoms with Gasteiger partial charge in [-0.25, -0.2) is 9.78 Å². The number of urea groups is 1. The van der Waals surface area contributed by atoms with E-state index in [0.29, 0.717) is 67.0 Å². The van der Waals surface area contributed by atoms with Crippen LogP contribution in [0, 0.1) is 17.2 Å². The fraction of sp³-hybridized carbons (Fsp3) is 0.552. The van der Waals surface area contributed by atoms with E-state index in [2.05, 4.69) is 22.6 Å². The molecular formula is C29H37N7O4S. The molecule has 0 bridgehead atoms. The molecule has 2 fully saturated rings. The molecule has 0 aromatic carbocycles. The highest BCUT2D eigenvalue weighted by Crippen LogP contribution is 2.33. The second kappa shape index (κ2) is 13.1. The van der Waals surface area contributed by atoms with Gasteiger partial charge in [-0.2, -0.15) is 22.0 Å². The number of hydrogen-bond donors (Lipinski definition) is 1. The van der Waals surface area contributed by atoms with Crippen molar-refractivity contribution in [2.75, 3.05) is 70.0 Å². The average Bonchev–Trinajstić information content (AvgIpc) is 2.98. The summed E-state index contributed by atoms with van der Waals surface area (Å²) < 4.78 is 11.3. The smallest absolute Gasteiger partial charge is 0.328 e. The minimum absolute atomic E-state index is 0.0783. The summed E-state index contributed by atoms with van der Waals surface area (Å²) in [5, 5.41) is 13.0. The molecule has 0 spiro atoms. The fourth-order valence-corrected chi connectivity index (χ4v) is 6.61. The summed E-state index contributed by atoms with van der Waals surface area (Å²) in [5.74, 6) is 1.83. The quantitative estimate of drug-likeness (QED) is 0.527. The average molecular weight is 580 g/mol. The number of methoxy groups -OCH3 is 1. The third-order valence-corrected chi connectivity index (χ3v) is 9.21. The number of carbonyl (C=O) groups excluding carboxylic acids is 2. The fourth-order valence-electron chi connectivity index (χ4n) is 5.76. The standard InChI is InChI=1S/C29H37N7O4S/c1-34-8-9-35(26(37)17-34)16-22-12-20-5-4-7-36(27(20)33-28(22)39-2)29(38)32-25-13-21(23(14-30)15-31-25)11-19-6-10-40-18-24(19)41-3/h12-13,15,19,24H,4-11,16-18H2,1-3H3,(H,31,32,38). The van der Waals surface area contributed by atoms with Crippen molar-refractivity contribution in [3.63, 3.8) is 0 Å². The van der Waals surface area contributed by atoms with Crippen LogP contribution < -0.4 is 15.0 Å². The van der Waals surface area contributed by atoms with Gasteiger partial charge in [0.05, 0.1) is 32.4 Å². The van der Waals surface area contributed by atoms with E-state index in [0.717, 1.165) is 55.5 Å². The molecule has 3 aliphatic heterocycles. The van der Waals surface area contributed by atoms with Crippen molar-refractivity contribution < 1.29 is 19.1 Å². The van der Waals surface area contributed by atoms with Crippen LogP contribution in [0.2, 0.25) is 0 Å². The summed E-state index contributed by atoms with van der Waals surface area (Å²) in [6, 6.07) is 5.75. The zero-order valence-electron chi connectivity index (χ0n) is 23.9. The van der Waals surface area contributed by atoms with Crippen LogP contribution in [0.3, 0.4) is 0 Å². The molecule has 2 unspecified atom stereocenters. The van der Waals surface area contributed by atoms with Gasteiger partial charge in [-0.05, 0) is 68.2 Å². The van der Waals surface area contributed by atoms with Gasteiger partial charge in [0.25, 0.3) is 0 Å². The lowest BCUT2D eigenvalue weighted by molar-refractivity contribution is -0.136. The Hall–Kier alpha value is -3.40. The predicted octanol–water partition coefficient (Wildman–Crippen LogP) is 2.93. The summed E-state index contributed by atoms with van der Waals surface area (Å²) in [6.45, 7) is 4.22. The lowest BCUT2D eigenvalue weighted by Gasteiger charge is -2.33. The van der Waals surface area contributed by atoms with Crippen molar-refractivity contribution in [2.24, 2.45) is 5.92 Å². The maximum absolute atomic E-state index is 13.5. The molecular weight excluding hydrogens is 542 g/mol. The Labute approximate surface area is 245 Å². The van der Waals surface area contributed by atoms with E-state index >= 15 is 0 Å². The normalized spacial score (nSPS) is 21.3. The molecule has 3 aliphatic rings. The monoisotopic (exact) mass is 579 g/mol. The van der Waals surface area contributed by atoms with Gasteiger partial charge < -0.3 is 14.4 Å². The topological polar surface area (TPSA) is 124 Å². The number of nitrogens with one attached hydrogen (secondary N) is 1. The summed E-state index contributed by atoms with van der Waals surface area (Å²) in [7, 11) is 3.50. The third-order valence-electron chi connectivity index (χ3n) is 8.08. The zero-order chi connectivity index (χ0) is 28.9. The van der Waals surface area contributed by atoms with Gasteiger partial charge in [-0.15, -0.1) is 0 Å². The van der Waals surface area contributed by atoms with E-state index in [-0.39, 0.29) is 11.9 Å². The van der Waals surface area contributed by atoms with E-state index in [4.69, 9.17) is 14.5 Å². The Bertz CT molecular complexity index is 1330. The minimum atomic E-state index is -0.335. The largest absolute Gasteiger partial charge is 0.481 e. The summed E-state index contributed by atoms with van der Waals surface area (Å²) in [6.07, 6.45) is 6.85. The number of thioether (sulfide) groups is 1. The first-order valence-corrected chi connectivity index (χ1v) is 15.3. The molecule has 1 N–H and O–H groups in total. The number of rotatable bonds is 7. The molecule has 0 saturated carbocycles. The van der Waals surface area contributed by atoms with Gasteiger partial charge in [0.15, 0.2) is 0 Å². The maximum atomic E-state index is 13.5. The van der Waals surface area contributed by atoms with Crippen LogP contribution in [0.25, 0.3) is 0 Å². The molecule has 0 radical (unpaired) electrons. The third kappa shape index (κ3) is 6.58. The Kier molecular flexibility index (Phi) is 9.27. The van der Waals surface area contributed by atoms with Gasteiger partial charge >= 0.3 is 6.03 Å². The number of nitriles is 1. The Morgan fingerprint density at radius 3 is 2.90 bits per heavy atom. The maximum Gasteiger partial charge on any atom is 0.328 e. The van der Waals surface area contributed by atoms with Crippen LogP contribution in [0.15, 0.2) is 18.3 Å². The first-order valence-electron chi connectivity index (χ1n) is 14.0. The number of aryl methyl sites for hydroxylation is 1. The van der Waals surface area contributed by atoms with Crippen LogP contribution in [0.4, 0.5) is 16.4 Å². The summed E-state index contributed by atoms with van der Waals surface area (Å²) in [4.78, 5) is 40.6. The molecule has 5 heterocycles. The van der Waals surface area contributed by atoms with Crippen molar-refractivity contribution in [2.45, 2.75) is 37.5 Å². The molecule has 2 atom stereocenters. The molecule has 2 aromatic rings. The molecule has 3 amide bonds. The van der Waals surface area contributed by atoms with Crippen LogP contribution in [0.1, 0.15) is 35.1 Å². The van der Waals surface area contributed by atoms with Gasteiger partial charge in [-0.3, -0.25) is 19.9 Å². The summed E-state index contributed by atoms with van der Waals surface area (Å²) >= 11 is 1.79. The molecule has 5 rings (SSSR count). The molecule has 12 heteroatoms. The Morgan fingerprint density at radius 1 is 1.29 bits per heavy atom. The number of anilines is 2. The van der Waals surface area contributed by atoms with Crippen molar-refractivity contribution in [3.05, 3.63) is 40.6 Å². The molecule has 218 valence electrons. The van der Waals surface area contributed by atoms with Gasteiger partial charge in [0, 0.05) is 43.3 Å². The highest BCUT2D eigenvalue weighted by Gasteiger charge is 2.30.